The van der Waals surface area contributed by atoms with Gasteiger partial charge in [-0.2, -0.15) is 0 Å². The molecule has 0 bridgehead atoms. The Hall–Kier alpha value is -0.120. The minimum atomic E-state index is 0.201. The van der Waals surface area contributed by atoms with Crippen molar-refractivity contribution in [2.75, 3.05) is 0 Å². The predicted octanol–water partition coefficient (Wildman–Crippen LogP) is 11.2. The van der Waals surface area contributed by atoms with Gasteiger partial charge in [-0.15, -0.1) is 0 Å². The van der Waals surface area contributed by atoms with Crippen LogP contribution in [0.2, 0.25) is 0 Å². The van der Waals surface area contributed by atoms with Crippen LogP contribution in [0.1, 0.15) is 199 Å². The van der Waals surface area contributed by atoms with Crippen molar-refractivity contribution >= 4 is 0 Å². The van der Waals surface area contributed by atoms with Crippen LogP contribution in [0.15, 0.2) is 0 Å². The van der Waals surface area contributed by atoms with Crippen molar-refractivity contribution in [2.24, 2.45) is 29.6 Å². The van der Waals surface area contributed by atoms with Gasteiger partial charge in [0.1, 0.15) is 0 Å². The highest BCUT2D eigenvalue weighted by Gasteiger charge is 2.49. The summed E-state index contributed by atoms with van der Waals surface area (Å²) in [4.78, 5) is 0. The molecule has 2 unspecified atom stereocenters. The molecule has 0 saturated carbocycles. The van der Waals surface area contributed by atoms with Crippen LogP contribution in [-0.4, -0.2) is 33.2 Å². The highest BCUT2D eigenvalue weighted by molar-refractivity contribution is 5.05. The summed E-state index contributed by atoms with van der Waals surface area (Å²) in [6.07, 6.45) is 23.7. The number of rotatable bonds is 15. The maximum Gasteiger partial charge on any atom is 0.0132 e. The molecule has 0 radical (unpaired) electrons. The van der Waals surface area contributed by atoms with Crippen LogP contribution in [0.5, 0.6) is 0 Å². The summed E-state index contributed by atoms with van der Waals surface area (Å²) in [7, 11) is 0. The molecule has 0 spiro atoms. The van der Waals surface area contributed by atoms with Crippen LogP contribution in [0, 0.1) is 29.6 Å². The lowest BCUT2D eigenvalue weighted by Gasteiger charge is -2.55. The van der Waals surface area contributed by atoms with E-state index in [0.717, 1.165) is 29.6 Å². The van der Waals surface area contributed by atoms with Crippen molar-refractivity contribution in [2.45, 2.75) is 232 Å². The second-order valence-corrected chi connectivity index (χ2v) is 20.5. The summed E-state index contributed by atoms with van der Waals surface area (Å²) in [5.41, 5.74) is 1.25. The fourth-order valence-electron chi connectivity index (χ4n) is 11.7. The van der Waals surface area contributed by atoms with Crippen LogP contribution in [0.3, 0.4) is 0 Å². The molecule has 0 aromatic carbocycles. The van der Waals surface area contributed by atoms with Crippen molar-refractivity contribution in [3.05, 3.63) is 0 Å². The van der Waals surface area contributed by atoms with Crippen LogP contribution < -0.4 is 16.0 Å². The number of nitrogens with one attached hydrogen (secondary N) is 3. The SMILES string of the molecule is CCCCCCCCCCCC(C1CC(C)(C)NC(C)(C)C1)C(CC1CC(C)(C)NC(C)(C)C1)C1CC(C)(C)NC(C)(C)C1. The van der Waals surface area contributed by atoms with Gasteiger partial charge in [-0.25, -0.2) is 0 Å². The summed E-state index contributed by atoms with van der Waals surface area (Å²) in [5.74, 6) is 4.06. The zero-order chi connectivity index (χ0) is 33.0. The molecule has 3 rings (SSSR count). The molecule has 3 saturated heterocycles. The molecule has 0 aromatic rings. The molecule has 3 nitrogen and oxygen atoms in total. The molecule has 3 aliphatic rings. The fraction of sp³-hybridized carbons (Fsp3) is 1.00. The zero-order valence-corrected chi connectivity index (χ0v) is 32.4. The first-order valence-corrected chi connectivity index (χ1v) is 19.5. The molecule has 3 fully saturated rings. The molecule has 3 N–H and O–H groups in total. The number of hydrogen-bond acceptors (Lipinski definition) is 3. The molecule has 3 aliphatic heterocycles. The van der Waals surface area contributed by atoms with E-state index in [0.29, 0.717) is 0 Å². The van der Waals surface area contributed by atoms with Gasteiger partial charge in [-0.05, 0) is 164 Å². The highest BCUT2D eigenvalue weighted by atomic mass is 15.1. The third-order valence-corrected chi connectivity index (χ3v) is 11.7. The average molecular weight is 616 g/mol. The van der Waals surface area contributed by atoms with Gasteiger partial charge in [0.25, 0.3) is 0 Å². The standard InChI is InChI=1S/C41H81N3/c1-14-15-16-17-18-19-20-21-22-23-34(32-27-38(6,7)43-39(8,9)28-32)35(33-29-40(10,11)44-41(12,13)30-33)24-31-25-36(2,3)42-37(4,5)26-31/h31-35,42-44H,14-30H2,1-13H3. The van der Waals surface area contributed by atoms with E-state index in [9.17, 15) is 0 Å². The van der Waals surface area contributed by atoms with E-state index in [4.69, 9.17) is 0 Å². The van der Waals surface area contributed by atoms with E-state index in [2.05, 4.69) is 106 Å². The van der Waals surface area contributed by atoms with Crippen molar-refractivity contribution < 1.29 is 0 Å². The largest absolute Gasteiger partial charge is 0.307 e. The minimum absolute atomic E-state index is 0.201. The first-order chi connectivity index (χ1) is 20.1. The van der Waals surface area contributed by atoms with Gasteiger partial charge in [-0.1, -0.05) is 64.7 Å². The van der Waals surface area contributed by atoms with E-state index in [-0.39, 0.29) is 33.2 Å². The van der Waals surface area contributed by atoms with Gasteiger partial charge in [0.15, 0.2) is 0 Å². The lowest BCUT2D eigenvalue weighted by Crippen LogP contribution is -2.61. The molecule has 0 aliphatic carbocycles. The van der Waals surface area contributed by atoms with Crippen molar-refractivity contribution in [1.29, 1.82) is 0 Å². The minimum Gasteiger partial charge on any atom is -0.307 e. The van der Waals surface area contributed by atoms with E-state index >= 15 is 0 Å². The summed E-state index contributed by atoms with van der Waals surface area (Å²) in [6, 6.07) is 0. The Morgan fingerprint density at radius 2 is 0.750 bits per heavy atom. The maximum atomic E-state index is 4.06. The quantitative estimate of drug-likeness (QED) is 0.160. The molecule has 3 heteroatoms. The van der Waals surface area contributed by atoms with E-state index in [1.54, 1.807) is 0 Å². The van der Waals surface area contributed by atoms with Crippen LogP contribution in [0.25, 0.3) is 0 Å². The Morgan fingerprint density at radius 1 is 0.432 bits per heavy atom. The van der Waals surface area contributed by atoms with Gasteiger partial charge < -0.3 is 16.0 Å². The highest BCUT2D eigenvalue weighted by Crippen LogP contribution is 2.51. The summed E-state index contributed by atoms with van der Waals surface area (Å²) in [6.45, 7) is 32.1. The molecule has 2 atom stereocenters. The second kappa shape index (κ2) is 15.0. The molecular weight excluding hydrogens is 534 g/mol. The van der Waals surface area contributed by atoms with Crippen LogP contribution in [-0.2, 0) is 0 Å². The van der Waals surface area contributed by atoms with Gasteiger partial charge in [0.05, 0.1) is 0 Å². The van der Waals surface area contributed by atoms with Gasteiger partial charge in [0.2, 0.25) is 0 Å². The van der Waals surface area contributed by atoms with Crippen molar-refractivity contribution in [1.82, 2.24) is 16.0 Å². The van der Waals surface area contributed by atoms with Gasteiger partial charge in [0, 0.05) is 33.2 Å². The Labute approximate surface area is 277 Å². The normalized spacial score (nSPS) is 28.0. The van der Waals surface area contributed by atoms with E-state index in [1.807, 2.05) is 0 Å². The number of piperidine rings is 3. The first-order valence-electron chi connectivity index (χ1n) is 19.5. The van der Waals surface area contributed by atoms with E-state index < -0.39 is 0 Å². The molecule has 260 valence electrons. The topological polar surface area (TPSA) is 36.1 Å². The Kier molecular flexibility index (Phi) is 13.0. The lowest BCUT2D eigenvalue weighted by molar-refractivity contribution is -0.00492. The first kappa shape index (κ1) is 38.3. The van der Waals surface area contributed by atoms with E-state index in [1.165, 1.54) is 109 Å². The Morgan fingerprint density at radius 3 is 1.14 bits per heavy atom. The third-order valence-electron chi connectivity index (χ3n) is 11.7. The molecule has 0 aromatic heterocycles. The maximum absolute atomic E-state index is 4.06. The second-order valence-electron chi connectivity index (χ2n) is 20.5. The Balaban J connectivity index is 1.90. The van der Waals surface area contributed by atoms with Crippen LogP contribution in [0.4, 0.5) is 0 Å². The number of hydrogen-bond donors (Lipinski definition) is 3. The van der Waals surface area contributed by atoms with Crippen molar-refractivity contribution in [3.63, 3.8) is 0 Å². The monoisotopic (exact) mass is 616 g/mol. The van der Waals surface area contributed by atoms with Crippen molar-refractivity contribution in [3.8, 4) is 0 Å². The zero-order valence-electron chi connectivity index (χ0n) is 32.4. The molecule has 3 heterocycles. The molecular formula is C41H81N3. The van der Waals surface area contributed by atoms with Crippen LogP contribution >= 0.6 is 0 Å². The molecule has 44 heavy (non-hydrogen) atoms. The summed E-state index contributed by atoms with van der Waals surface area (Å²) < 4.78 is 0. The summed E-state index contributed by atoms with van der Waals surface area (Å²) >= 11 is 0. The summed E-state index contributed by atoms with van der Waals surface area (Å²) in [5, 5.41) is 12.1. The lowest BCUT2D eigenvalue weighted by atomic mass is 9.58. The predicted molar refractivity (Wildman–Crippen MR) is 195 cm³/mol. The Bertz CT molecular complexity index is 817. The smallest absolute Gasteiger partial charge is 0.0132 e. The number of unbranched alkanes of at least 4 members (excludes halogenated alkanes) is 8. The fourth-order valence-corrected chi connectivity index (χ4v) is 11.7. The molecule has 0 amide bonds. The average Bonchev–Trinajstić information content (AvgIpc) is 2.78. The third kappa shape index (κ3) is 12.5. The van der Waals surface area contributed by atoms with Gasteiger partial charge in [-0.3, -0.25) is 0 Å². The van der Waals surface area contributed by atoms with Gasteiger partial charge >= 0.3 is 0 Å².